The maximum Gasteiger partial charge on any atom is 0.150 e. The lowest BCUT2D eigenvalue weighted by atomic mass is 10.0. The molecule has 0 saturated heterocycles. The second kappa shape index (κ2) is 7.68. The van der Waals surface area contributed by atoms with Gasteiger partial charge in [0, 0.05) is 34.5 Å². The molecule has 6 heteroatoms. The van der Waals surface area contributed by atoms with E-state index in [1.54, 1.807) is 25.4 Å². The number of hydrogen-bond donors (Lipinski definition) is 2. The van der Waals surface area contributed by atoms with Crippen molar-refractivity contribution in [1.82, 2.24) is 4.98 Å². The summed E-state index contributed by atoms with van der Waals surface area (Å²) >= 11 is 12.2. The summed E-state index contributed by atoms with van der Waals surface area (Å²) in [5, 5.41) is 4.45. The molecule has 0 bridgehead atoms. The molecule has 2 aromatic rings. The number of anilines is 2. The number of benzene rings is 1. The number of halogens is 2. The molecular weight excluding hydrogens is 321 g/mol. The second-order valence-corrected chi connectivity index (χ2v) is 5.79. The average molecular weight is 340 g/mol. The van der Waals surface area contributed by atoms with Crippen molar-refractivity contribution >= 4 is 34.7 Å². The van der Waals surface area contributed by atoms with E-state index in [9.17, 15) is 0 Å². The molecule has 0 fully saturated rings. The van der Waals surface area contributed by atoms with Crippen LogP contribution in [-0.2, 0) is 4.74 Å². The SMILES string of the molecule is CCC(COC)Nc1nccc(-c2ccc(Cl)cc2Cl)c1N. The van der Waals surface area contributed by atoms with E-state index in [0.717, 1.165) is 17.5 Å². The summed E-state index contributed by atoms with van der Waals surface area (Å²) in [7, 11) is 1.67. The molecule has 118 valence electrons. The first-order valence-corrected chi connectivity index (χ1v) is 7.77. The van der Waals surface area contributed by atoms with Crippen LogP contribution in [0.2, 0.25) is 10.0 Å². The summed E-state index contributed by atoms with van der Waals surface area (Å²) in [6.07, 6.45) is 2.61. The Morgan fingerprint density at radius 2 is 2.05 bits per heavy atom. The van der Waals surface area contributed by atoms with E-state index < -0.39 is 0 Å². The lowest BCUT2D eigenvalue weighted by Crippen LogP contribution is -2.25. The van der Waals surface area contributed by atoms with Gasteiger partial charge in [-0.05, 0) is 24.6 Å². The zero-order valence-corrected chi connectivity index (χ0v) is 14.1. The third-order valence-electron chi connectivity index (χ3n) is 3.41. The Labute approximate surface area is 140 Å². The van der Waals surface area contributed by atoms with Crippen molar-refractivity contribution in [2.45, 2.75) is 19.4 Å². The first-order chi connectivity index (χ1) is 10.6. The third kappa shape index (κ3) is 3.83. The minimum atomic E-state index is 0.149. The van der Waals surface area contributed by atoms with E-state index in [1.165, 1.54) is 0 Å². The summed E-state index contributed by atoms with van der Waals surface area (Å²) in [6.45, 7) is 2.66. The summed E-state index contributed by atoms with van der Waals surface area (Å²) in [6, 6.07) is 7.33. The number of ether oxygens (including phenoxy) is 1. The molecule has 1 unspecified atom stereocenters. The van der Waals surface area contributed by atoms with Crippen molar-refractivity contribution in [1.29, 1.82) is 0 Å². The predicted molar refractivity (Wildman–Crippen MR) is 93.7 cm³/mol. The van der Waals surface area contributed by atoms with Gasteiger partial charge in [0.2, 0.25) is 0 Å². The number of methoxy groups -OCH3 is 1. The van der Waals surface area contributed by atoms with Crippen LogP contribution < -0.4 is 11.1 Å². The first kappa shape index (κ1) is 16.9. The number of nitrogens with one attached hydrogen (secondary N) is 1. The van der Waals surface area contributed by atoms with E-state index >= 15 is 0 Å². The number of aromatic nitrogens is 1. The molecule has 1 aromatic carbocycles. The fraction of sp³-hybridized carbons (Fsp3) is 0.312. The highest BCUT2D eigenvalue weighted by Gasteiger charge is 2.14. The largest absolute Gasteiger partial charge is 0.395 e. The summed E-state index contributed by atoms with van der Waals surface area (Å²) in [5.41, 5.74) is 8.47. The van der Waals surface area contributed by atoms with Crippen molar-refractivity contribution in [2.24, 2.45) is 0 Å². The van der Waals surface area contributed by atoms with E-state index in [2.05, 4.69) is 17.2 Å². The summed E-state index contributed by atoms with van der Waals surface area (Å²) in [5.74, 6) is 0.632. The van der Waals surface area contributed by atoms with Gasteiger partial charge in [0.05, 0.1) is 18.3 Å². The van der Waals surface area contributed by atoms with E-state index in [-0.39, 0.29) is 6.04 Å². The van der Waals surface area contributed by atoms with Crippen molar-refractivity contribution in [2.75, 3.05) is 24.8 Å². The van der Waals surface area contributed by atoms with Crippen LogP contribution in [0.4, 0.5) is 11.5 Å². The number of pyridine rings is 1. The number of nitrogens with two attached hydrogens (primary N) is 1. The Morgan fingerprint density at radius 1 is 1.27 bits per heavy atom. The molecule has 1 atom stereocenters. The van der Waals surface area contributed by atoms with Crippen LogP contribution in [0.25, 0.3) is 11.1 Å². The maximum absolute atomic E-state index is 6.27. The van der Waals surface area contributed by atoms with Crippen LogP contribution in [0.15, 0.2) is 30.5 Å². The highest BCUT2D eigenvalue weighted by Crippen LogP contribution is 2.36. The van der Waals surface area contributed by atoms with Crippen LogP contribution in [0.5, 0.6) is 0 Å². The average Bonchev–Trinajstić information content (AvgIpc) is 2.49. The number of rotatable bonds is 6. The lowest BCUT2D eigenvalue weighted by molar-refractivity contribution is 0.184. The van der Waals surface area contributed by atoms with Gasteiger partial charge in [-0.2, -0.15) is 0 Å². The van der Waals surface area contributed by atoms with Gasteiger partial charge < -0.3 is 15.8 Å². The fourth-order valence-corrected chi connectivity index (χ4v) is 2.70. The molecular formula is C16H19Cl2N3O. The van der Waals surface area contributed by atoms with Crippen LogP contribution in [0, 0.1) is 0 Å². The fourth-order valence-electron chi connectivity index (χ4n) is 2.19. The normalized spacial score (nSPS) is 12.2. The topological polar surface area (TPSA) is 60.2 Å². The summed E-state index contributed by atoms with van der Waals surface area (Å²) < 4.78 is 5.19. The molecule has 2 rings (SSSR count). The maximum atomic E-state index is 6.27. The van der Waals surface area contributed by atoms with Crippen LogP contribution in [0.1, 0.15) is 13.3 Å². The first-order valence-electron chi connectivity index (χ1n) is 7.02. The minimum Gasteiger partial charge on any atom is -0.395 e. The molecule has 22 heavy (non-hydrogen) atoms. The Hall–Kier alpha value is -1.49. The van der Waals surface area contributed by atoms with E-state index in [1.807, 2.05) is 12.1 Å². The smallest absolute Gasteiger partial charge is 0.150 e. The van der Waals surface area contributed by atoms with Gasteiger partial charge in [0.15, 0.2) is 0 Å². The number of hydrogen-bond acceptors (Lipinski definition) is 4. The van der Waals surface area contributed by atoms with Crippen LogP contribution in [-0.4, -0.2) is 24.7 Å². The molecule has 1 heterocycles. The van der Waals surface area contributed by atoms with Gasteiger partial charge >= 0.3 is 0 Å². The number of nitrogens with zero attached hydrogens (tertiary/aromatic N) is 1. The monoisotopic (exact) mass is 339 g/mol. The molecule has 0 aliphatic rings. The Balaban J connectivity index is 2.37. The molecule has 1 aromatic heterocycles. The molecule has 3 N–H and O–H groups in total. The molecule has 0 spiro atoms. The zero-order chi connectivity index (χ0) is 16.1. The molecule has 0 saturated carbocycles. The number of nitrogen functional groups attached to an aromatic ring is 1. The van der Waals surface area contributed by atoms with Gasteiger partial charge in [-0.1, -0.05) is 36.2 Å². The Bertz CT molecular complexity index is 649. The van der Waals surface area contributed by atoms with Gasteiger partial charge in [-0.3, -0.25) is 0 Å². The highest BCUT2D eigenvalue weighted by atomic mass is 35.5. The van der Waals surface area contributed by atoms with Crippen LogP contribution in [0.3, 0.4) is 0 Å². The van der Waals surface area contributed by atoms with Crippen molar-refractivity contribution < 1.29 is 4.74 Å². The molecule has 4 nitrogen and oxygen atoms in total. The minimum absolute atomic E-state index is 0.149. The van der Waals surface area contributed by atoms with Gasteiger partial charge in [0.25, 0.3) is 0 Å². The summed E-state index contributed by atoms with van der Waals surface area (Å²) in [4.78, 5) is 4.32. The highest BCUT2D eigenvalue weighted by molar-refractivity contribution is 6.36. The van der Waals surface area contributed by atoms with Gasteiger partial charge in [0.1, 0.15) is 5.82 Å². The predicted octanol–water partition coefficient (Wildman–Crippen LogP) is 4.47. The van der Waals surface area contributed by atoms with Crippen molar-refractivity contribution in [3.63, 3.8) is 0 Å². The van der Waals surface area contributed by atoms with Gasteiger partial charge in [-0.15, -0.1) is 0 Å². The zero-order valence-electron chi connectivity index (χ0n) is 12.6. The Morgan fingerprint density at radius 3 is 2.68 bits per heavy atom. The van der Waals surface area contributed by atoms with E-state index in [4.69, 9.17) is 33.7 Å². The quantitative estimate of drug-likeness (QED) is 0.814. The van der Waals surface area contributed by atoms with Crippen molar-refractivity contribution in [3.8, 4) is 11.1 Å². The van der Waals surface area contributed by atoms with Crippen LogP contribution >= 0.6 is 23.2 Å². The third-order valence-corrected chi connectivity index (χ3v) is 3.96. The molecule has 0 amide bonds. The van der Waals surface area contributed by atoms with E-state index in [0.29, 0.717) is 28.2 Å². The van der Waals surface area contributed by atoms with Crippen molar-refractivity contribution in [3.05, 3.63) is 40.5 Å². The standard InChI is InChI=1S/C16H19Cl2N3O/c1-3-11(9-22-2)21-16-15(19)13(6-7-20-16)12-5-4-10(17)8-14(12)18/h4-8,11H,3,9,19H2,1-2H3,(H,20,21). The molecule has 0 aliphatic carbocycles. The van der Waals surface area contributed by atoms with Gasteiger partial charge in [-0.25, -0.2) is 4.98 Å². The molecule has 0 radical (unpaired) electrons. The second-order valence-electron chi connectivity index (χ2n) is 4.95. The Kier molecular flexibility index (Phi) is 5.89. The lowest BCUT2D eigenvalue weighted by Gasteiger charge is -2.19. The molecule has 0 aliphatic heterocycles.